The molecule has 29 heavy (non-hydrogen) atoms. The lowest BCUT2D eigenvalue weighted by Gasteiger charge is -2.53. The molecule has 3 nitrogen and oxygen atoms in total. The van der Waals surface area contributed by atoms with Crippen LogP contribution in [0.2, 0.25) is 0 Å². The summed E-state index contributed by atoms with van der Waals surface area (Å²) in [5, 5.41) is 8.95. The lowest BCUT2D eigenvalue weighted by Crippen LogP contribution is -2.66. The molecule has 0 aromatic heterocycles. The zero-order valence-electron chi connectivity index (χ0n) is 18.0. The van der Waals surface area contributed by atoms with E-state index in [4.69, 9.17) is 10.00 Å². The van der Waals surface area contributed by atoms with Crippen molar-refractivity contribution in [2.75, 3.05) is 13.1 Å². The Bertz CT molecular complexity index is 680. The highest BCUT2D eigenvalue weighted by atomic mass is 19.4. The van der Waals surface area contributed by atoms with Crippen molar-refractivity contribution in [2.45, 2.75) is 84.0 Å². The maximum absolute atomic E-state index is 12.6. The Hall–Kier alpha value is -1.74. The van der Waals surface area contributed by atoms with Gasteiger partial charge in [0.25, 0.3) is 0 Å². The van der Waals surface area contributed by atoms with E-state index >= 15 is 0 Å². The number of likely N-dealkylation sites (tertiary alicyclic amines) is 1. The molecule has 0 spiro atoms. The van der Waals surface area contributed by atoms with E-state index in [-0.39, 0.29) is 11.0 Å². The Morgan fingerprint density at radius 1 is 1.10 bits per heavy atom. The molecule has 0 unspecified atom stereocenters. The molecule has 0 radical (unpaired) electrons. The standard InChI is InChI=1S/C20H25F3N2O.C3H8/c1-18(11-12-24)9-7-16(8-10-18)25-13-19(2,14-25)26-17-5-3-15(4-6-17)20(21,22)23;1-3-2/h3-6,16H,7-11,13-14H2,1-2H3;3H2,1-2H3. The Morgan fingerprint density at radius 2 is 1.62 bits per heavy atom. The van der Waals surface area contributed by atoms with Crippen LogP contribution in [0, 0.1) is 16.7 Å². The topological polar surface area (TPSA) is 36.3 Å². The van der Waals surface area contributed by atoms with E-state index < -0.39 is 11.7 Å². The Labute approximate surface area is 172 Å². The second kappa shape index (κ2) is 9.38. The summed E-state index contributed by atoms with van der Waals surface area (Å²) in [5.41, 5.74) is -0.864. The number of alkyl halides is 3. The quantitative estimate of drug-likeness (QED) is 0.573. The number of benzene rings is 1. The van der Waals surface area contributed by atoms with Crippen LogP contribution in [0.5, 0.6) is 5.75 Å². The van der Waals surface area contributed by atoms with Crippen molar-refractivity contribution < 1.29 is 17.9 Å². The molecule has 0 bridgehead atoms. The maximum Gasteiger partial charge on any atom is 0.416 e. The number of hydrogen-bond acceptors (Lipinski definition) is 3. The summed E-state index contributed by atoms with van der Waals surface area (Å²) in [6.07, 6.45) is 1.87. The zero-order valence-corrected chi connectivity index (χ0v) is 18.0. The van der Waals surface area contributed by atoms with Gasteiger partial charge < -0.3 is 4.74 Å². The molecule has 1 saturated heterocycles. The summed E-state index contributed by atoms with van der Waals surface area (Å²) in [7, 11) is 0. The number of ether oxygens (including phenoxy) is 1. The average Bonchev–Trinajstić information content (AvgIpc) is 2.61. The fraction of sp³-hybridized carbons (Fsp3) is 0.696. The van der Waals surface area contributed by atoms with Gasteiger partial charge in [-0.3, -0.25) is 4.90 Å². The van der Waals surface area contributed by atoms with Crippen molar-refractivity contribution in [2.24, 2.45) is 5.41 Å². The minimum Gasteiger partial charge on any atom is -0.485 e. The third-order valence-electron chi connectivity index (χ3n) is 5.81. The summed E-state index contributed by atoms with van der Waals surface area (Å²) in [5.74, 6) is 0.477. The van der Waals surface area contributed by atoms with E-state index in [2.05, 4.69) is 31.7 Å². The minimum absolute atomic E-state index is 0.149. The van der Waals surface area contributed by atoms with Gasteiger partial charge in [-0.05, 0) is 62.3 Å². The molecule has 1 aliphatic heterocycles. The van der Waals surface area contributed by atoms with Crippen LogP contribution in [0.25, 0.3) is 0 Å². The van der Waals surface area contributed by atoms with Gasteiger partial charge in [-0.2, -0.15) is 18.4 Å². The minimum atomic E-state index is -4.32. The van der Waals surface area contributed by atoms with Crippen LogP contribution < -0.4 is 4.74 Å². The first-order valence-corrected chi connectivity index (χ1v) is 10.5. The van der Waals surface area contributed by atoms with Gasteiger partial charge >= 0.3 is 6.18 Å². The molecule has 0 atom stereocenters. The van der Waals surface area contributed by atoms with Crippen molar-refractivity contribution in [3.8, 4) is 11.8 Å². The number of rotatable bonds is 4. The summed E-state index contributed by atoms with van der Waals surface area (Å²) in [6, 6.07) is 7.73. The van der Waals surface area contributed by atoms with Gasteiger partial charge in [0.05, 0.1) is 11.6 Å². The predicted octanol–water partition coefficient (Wildman–Crippen LogP) is 6.44. The Kier molecular flexibility index (Phi) is 7.62. The molecule has 1 aliphatic carbocycles. The zero-order chi connectivity index (χ0) is 21.7. The number of nitrogens with zero attached hydrogens (tertiary/aromatic N) is 2. The Morgan fingerprint density at radius 3 is 2.07 bits per heavy atom. The van der Waals surface area contributed by atoms with E-state index in [1.807, 2.05) is 6.92 Å². The first-order chi connectivity index (χ1) is 13.5. The van der Waals surface area contributed by atoms with Gasteiger partial charge in [-0.1, -0.05) is 27.2 Å². The first-order valence-electron chi connectivity index (χ1n) is 10.5. The summed E-state index contributed by atoms with van der Waals surface area (Å²) < 4.78 is 43.8. The maximum atomic E-state index is 12.6. The van der Waals surface area contributed by atoms with Gasteiger partial charge in [0.1, 0.15) is 11.4 Å². The summed E-state index contributed by atoms with van der Waals surface area (Å²) in [6.45, 7) is 10.0. The lowest BCUT2D eigenvalue weighted by atomic mass is 9.71. The first kappa shape index (κ1) is 23.5. The van der Waals surface area contributed by atoms with Crippen LogP contribution in [0.1, 0.15) is 71.8 Å². The number of hydrogen-bond donors (Lipinski definition) is 0. The van der Waals surface area contributed by atoms with Gasteiger partial charge in [0, 0.05) is 25.6 Å². The van der Waals surface area contributed by atoms with E-state index in [9.17, 15) is 13.2 Å². The molecule has 1 aromatic carbocycles. The Balaban J connectivity index is 0.000000941. The third-order valence-corrected chi connectivity index (χ3v) is 5.81. The van der Waals surface area contributed by atoms with Crippen molar-refractivity contribution in [3.05, 3.63) is 29.8 Å². The molecule has 1 saturated carbocycles. The molecule has 1 aromatic rings. The molecular formula is C23H33F3N2O. The molecule has 2 fully saturated rings. The van der Waals surface area contributed by atoms with Crippen molar-refractivity contribution in [1.82, 2.24) is 4.90 Å². The monoisotopic (exact) mass is 410 g/mol. The van der Waals surface area contributed by atoms with Gasteiger partial charge in [0.2, 0.25) is 0 Å². The van der Waals surface area contributed by atoms with Crippen molar-refractivity contribution in [1.29, 1.82) is 5.26 Å². The van der Waals surface area contributed by atoms with Crippen LogP contribution in [-0.2, 0) is 6.18 Å². The van der Waals surface area contributed by atoms with Crippen LogP contribution in [-0.4, -0.2) is 29.6 Å². The molecule has 3 rings (SSSR count). The van der Waals surface area contributed by atoms with Crippen LogP contribution in [0.3, 0.4) is 0 Å². The fourth-order valence-electron chi connectivity index (χ4n) is 4.16. The fourth-order valence-corrected chi connectivity index (χ4v) is 4.16. The highest BCUT2D eigenvalue weighted by Gasteiger charge is 2.45. The number of halogens is 3. The summed E-state index contributed by atoms with van der Waals surface area (Å²) >= 11 is 0. The molecule has 0 N–H and O–H groups in total. The molecule has 2 aliphatic rings. The van der Waals surface area contributed by atoms with E-state index in [0.717, 1.165) is 50.9 Å². The van der Waals surface area contributed by atoms with Gasteiger partial charge in [0.15, 0.2) is 0 Å². The normalized spacial score (nSPS) is 26.5. The van der Waals surface area contributed by atoms with E-state index in [1.54, 1.807) is 0 Å². The van der Waals surface area contributed by atoms with Crippen LogP contribution in [0.15, 0.2) is 24.3 Å². The van der Waals surface area contributed by atoms with Crippen molar-refractivity contribution in [3.63, 3.8) is 0 Å². The second-order valence-corrected chi connectivity index (χ2v) is 9.06. The summed E-state index contributed by atoms with van der Waals surface area (Å²) in [4.78, 5) is 2.40. The molecule has 6 heteroatoms. The second-order valence-electron chi connectivity index (χ2n) is 9.06. The van der Waals surface area contributed by atoms with E-state index in [1.165, 1.54) is 18.6 Å². The average molecular weight is 411 g/mol. The highest BCUT2D eigenvalue weighted by Crippen LogP contribution is 2.42. The molecule has 1 heterocycles. The van der Waals surface area contributed by atoms with Crippen molar-refractivity contribution >= 4 is 0 Å². The molecular weight excluding hydrogens is 377 g/mol. The SMILES string of the molecule is CC1(CC#N)CCC(N2CC(C)(Oc3ccc(C(F)(F)F)cc3)C2)CC1.CCC. The highest BCUT2D eigenvalue weighted by molar-refractivity contribution is 5.29. The smallest absolute Gasteiger partial charge is 0.416 e. The number of nitriles is 1. The van der Waals surface area contributed by atoms with Gasteiger partial charge in [-0.15, -0.1) is 0 Å². The molecule has 162 valence electrons. The van der Waals surface area contributed by atoms with Gasteiger partial charge in [-0.25, -0.2) is 0 Å². The molecule has 0 amide bonds. The largest absolute Gasteiger partial charge is 0.485 e. The third kappa shape index (κ3) is 6.37. The van der Waals surface area contributed by atoms with Crippen LogP contribution in [0.4, 0.5) is 13.2 Å². The van der Waals surface area contributed by atoms with Crippen LogP contribution >= 0.6 is 0 Å². The predicted molar refractivity (Wildman–Crippen MR) is 109 cm³/mol. The lowest BCUT2D eigenvalue weighted by molar-refractivity contribution is -0.137. The van der Waals surface area contributed by atoms with E-state index in [0.29, 0.717) is 18.2 Å².